The monoisotopic (exact) mass is 570 g/mol. The van der Waals surface area contributed by atoms with Crippen LogP contribution in [0.5, 0.6) is 0 Å². The SMILES string of the molecule is CCOC(=O)c1c(CC)c2cc3nc(cc4[nH]c(cc5nc(cc1[nH]2)CC5(C)C)c(CC)c4C1OC(C)O1)CC3(C)C. The van der Waals surface area contributed by atoms with E-state index in [1.165, 1.54) is 0 Å². The van der Waals surface area contributed by atoms with Crippen LogP contribution in [0.3, 0.4) is 0 Å². The Labute approximate surface area is 247 Å². The zero-order valence-electron chi connectivity index (χ0n) is 26.0. The van der Waals surface area contributed by atoms with Gasteiger partial charge in [-0.1, -0.05) is 41.5 Å². The van der Waals surface area contributed by atoms with E-state index in [2.05, 4.69) is 69.7 Å². The fourth-order valence-electron chi connectivity index (χ4n) is 6.60. The van der Waals surface area contributed by atoms with Gasteiger partial charge in [-0.25, -0.2) is 4.79 Å². The maximum atomic E-state index is 13.3. The minimum Gasteiger partial charge on any atom is -0.462 e. The molecule has 3 aromatic rings. The van der Waals surface area contributed by atoms with E-state index in [0.29, 0.717) is 18.6 Å². The Balaban J connectivity index is 1.74. The lowest BCUT2D eigenvalue weighted by Crippen LogP contribution is -2.32. The van der Waals surface area contributed by atoms with Crippen LogP contribution >= 0.6 is 0 Å². The first-order valence-electron chi connectivity index (χ1n) is 15.2. The number of carbonyl (C=O) groups excluding carboxylic acids is 1. The zero-order valence-corrected chi connectivity index (χ0v) is 26.0. The normalized spacial score (nSPS) is 20.8. The smallest absolute Gasteiger partial charge is 0.340 e. The van der Waals surface area contributed by atoms with Gasteiger partial charge in [0.15, 0.2) is 12.6 Å². The van der Waals surface area contributed by atoms with Crippen molar-refractivity contribution < 1.29 is 19.0 Å². The molecule has 3 aliphatic heterocycles. The van der Waals surface area contributed by atoms with Crippen LogP contribution in [-0.4, -0.2) is 38.8 Å². The number of H-pyrrole nitrogens is 2. The number of hydrogen-bond acceptors (Lipinski definition) is 6. The summed E-state index contributed by atoms with van der Waals surface area (Å²) in [4.78, 5) is 30.8. The van der Waals surface area contributed by atoms with Gasteiger partial charge in [-0.3, -0.25) is 9.97 Å². The van der Waals surface area contributed by atoms with Crippen LogP contribution < -0.4 is 0 Å². The van der Waals surface area contributed by atoms with Gasteiger partial charge in [0, 0.05) is 68.6 Å². The maximum Gasteiger partial charge on any atom is 0.340 e. The Kier molecular flexibility index (Phi) is 7.05. The van der Waals surface area contributed by atoms with Crippen molar-refractivity contribution in [3.8, 4) is 0 Å². The van der Waals surface area contributed by atoms with E-state index in [0.717, 1.165) is 80.8 Å². The van der Waals surface area contributed by atoms with Crippen LogP contribution in [0.1, 0.15) is 112 Å². The van der Waals surface area contributed by atoms with Gasteiger partial charge >= 0.3 is 5.97 Å². The molecule has 0 amide bonds. The molecule has 222 valence electrons. The van der Waals surface area contributed by atoms with Crippen LogP contribution in [0, 0.1) is 0 Å². The van der Waals surface area contributed by atoms with Gasteiger partial charge in [-0.15, -0.1) is 0 Å². The Hall–Kier alpha value is -3.49. The molecule has 1 fully saturated rings. The molecule has 0 spiro atoms. The second kappa shape index (κ2) is 10.3. The molecule has 3 aromatic heterocycles. The number of aromatic nitrogens is 4. The van der Waals surface area contributed by atoms with Crippen molar-refractivity contribution in [2.75, 3.05) is 6.61 Å². The van der Waals surface area contributed by atoms with Crippen molar-refractivity contribution in [3.63, 3.8) is 0 Å². The summed E-state index contributed by atoms with van der Waals surface area (Å²) >= 11 is 0. The van der Waals surface area contributed by atoms with Crippen LogP contribution in [0.4, 0.5) is 0 Å². The van der Waals surface area contributed by atoms with Gasteiger partial charge in [-0.05, 0) is 62.1 Å². The highest BCUT2D eigenvalue weighted by Gasteiger charge is 2.35. The number of esters is 1. The van der Waals surface area contributed by atoms with Crippen molar-refractivity contribution in [2.45, 2.75) is 104 Å². The lowest BCUT2D eigenvalue weighted by atomic mass is 9.86. The molecule has 8 heteroatoms. The molecule has 0 saturated carbocycles. The van der Waals surface area contributed by atoms with Crippen LogP contribution in [0.15, 0.2) is 24.3 Å². The molecule has 0 atom stereocenters. The van der Waals surface area contributed by atoms with Crippen LogP contribution in [0.25, 0.3) is 22.1 Å². The molecule has 6 heterocycles. The summed E-state index contributed by atoms with van der Waals surface area (Å²) in [6.07, 6.45) is 2.39. The summed E-state index contributed by atoms with van der Waals surface area (Å²) in [5.74, 6) is -0.315. The predicted octanol–water partition coefficient (Wildman–Crippen LogP) is 7.05. The molecule has 2 N–H and O–H groups in total. The molecular formula is C34H42N4O4. The summed E-state index contributed by atoms with van der Waals surface area (Å²) in [5, 5.41) is 0. The lowest BCUT2D eigenvalue weighted by Gasteiger charge is -2.34. The molecule has 42 heavy (non-hydrogen) atoms. The average Bonchev–Trinajstić information content (AvgIpc) is 3.58. The number of ether oxygens (including phenoxy) is 3. The molecule has 3 aliphatic rings. The van der Waals surface area contributed by atoms with Crippen LogP contribution in [0.2, 0.25) is 0 Å². The Morgan fingerprint density at radius 3 is 1.88 bits per heavy atom. The van der Waals surface area contributed by atoms with Gasteiger partial charge in [0.25, 0.3) is 0 Å². The molecule has 6 rings (SSSR count). The van der Waals surface area contributed by atoms with Crippen molar-refractivity contribution in [1.29, 1.82) is 0 Å². The van der Waals surface area contributed by atoms with Gasteiger partial charge in [0.2, 0.25) is 0 Å². The number of rotatable bonds is 5. The third kappa shape index (κ3) is 4.84. The van der Waals surface area contributed by atoms with Gasteiger partial charge in [0.1, 0.15) is 0 Å². The number of carbonyl (C=O) groups is 1. The Morgan fingerprint density at radius 2 is 1.36 bits per heavy atom. The second-order valence-electron chi connectivity index (χ2n) is 12.9. The number of nitrogens with zero attached hydrogens (tertiary/aromatic N) is 2. The van der Waals surface area contributed by atoms with Crippen molar-refractivity contribution in [2.24, 2.45) is 0 Å². The average molecular weight is 571 g/mol. The minimum atomic E-state index is -0.411. The quantitative estimate of drug-likeness (QED) is 0.319. The summed E-state index contributed by atoms with van der Waals surface area (Å²) < 4.78 is 17.6. The first kappa shape index (κ1) is 28.6. The third-order valence-electron chi connectivity index (χ3n) is 8.77. The fourth-order valence-corrected chi connectivity index (χ4v) is 6.60. The highest BCUT2D eigenvalue weighted by atomic mass is 16.9. The topological polar surface area (TPSA) is 102 Å². The van der Waals surface area contributed by atoms with E-state index in [1.807, 2.05) is 19.9 Å². The number of aromatic amines is 2. The van der Waals surface area contributed by atoms with E-state index in [9.17, 15) is 4.79 Å². The number of hydrogen-bond donors (Lipinski definition) is 2. The van der Waals surface area contributed by atoms with E-state index in [-0.39, 0.29) is 23.1 Å². The fraction of sp³-hybridized carbons (Fsp3) is 0.500. The van der Waals surface area contributed by atoms with E-state index >= 15 is 0 Å². The standard InChI is InChI=1S/C34H42N4O4/c1-9-21-23-14-27-34(7,8)17-20(36-27)13-26-30(32-41-18(4)42-32)22(10-2)24(38-26)15-28-33(5,6)16-19(35-28)12-25(37-23)29(21)31(39)40-11-3/h12-15,18,32,37-38H,9-11,16-17H2,1-8H3. The lowest BCUT2D eigenvalue weighted by molar-refractivity contribution is -0.382. The molecule has 0 aliphatic carbocycles. The van der Waals surface area contributed by atoms with Gasteiger partial charge < -0.3 is 24.2 Å². The summed E-state index contributed by atoms with van der Waals surface area (Å²) in [5.41, 5.74) is 10.8. The molecular weight excluding hydrogens is 528 g/mol. The number of fused-ring (bicyclic) bond motifs is 8. The summed E-state index contributed by atoms with van der Waals surface area (Å²) in [6.45, 7) is 17.1. The van der Waals surface area contributed by atoms with Crippen molar-refractivity contribution in [1.82, 2.24) is 19.9 Å². The molecule has 0 unspecified atom stereocenters. The highest BCUT2D eigenvalue weighted by molar-refractivity contribution is 6.01. The van der Waals surface area contributed by atoms with Crippen molar-refractivity contribution in [3.05, 3.63) is 69.3 Å². The second-order valence-corrected chi connectivity index (χ2v) is 12.9. The first-order chi connectivity index (χ1) is 19.9. The van der Waals surface area contributed by atoms with E-state index in [4.69, 9.17) is 24.2 Å². The van der Waals surface area contributed by atoms with Crippen LogP contribution in [-0.2, 0) is 50.7 Å². The molecule has 8 bridgehead atoms. The van der Waals surface area contributed by atoms with E-state index in [1.54, 1.807) is 0 Å². The molecule has 0 radical (unpaired) electrons. The highest BCUT2D eigenvalue weighted by Crippen LogP contribution is 2.40. The number of aryl methyl sites for hydroxylation is 2. The number of nitrogens with one attached hydrogen (secondary N) is 2. The third-order valence-corrected chi connectivity index (χ3v) is 8.77. The maximum absolute atomic E-state index is 13.3. The van der Waals surface area contributed by atoms with Crippen molar-refractivity contribution >= 4 is 28.0 Å². The largest absolute Gasteiger partial charge is 0.462 e. The van der Waals surface area contributed by atoms with Gasteiger partial charge in [0.05, 0.1) is 17.7 Å². The predicted molar refractivity (Wildman–Crippen MR) is 164 cm³/mol. The summed E-state index contributed by atoms with van der Waals surface area (Å²) in [6, 6.07) is 8.45. The molecule has 0 aromatic carbocycles. The first-order valence-corrected chi connectivity index (χ1v) is 15.2. The van der Waals surface area contributed by atoms with Gasteiger partial charge in [-0.2, -0.15) is 0 Å². The molecule has 1 saturated heterocycles. The zero-order chi connectivity index (χ0) is 30.0. The Bertz CT molecular complexity index is 1720. The summed E-state index contributed by atoms with van der Waals surface area (Å²) in [7, 11) is 0. The Morgan fingerprint density at radius 1 is 0.833 bits per heavy atom. The molecule has 8 nitrogen and oxygen atoms in total. The minimum absolute atomic E-state index is 0.194. The van der Waals surface area contributed by atoms with E-state index < -0.39 is 6.29 Å².